The first-order valence-electron chi connectivity index (χ1n) is 7.95. The SMILES string of the molecule is COCCOCc1cccc(NC(=O)N2CC(C)OC(C)C2)c1. The van der Waals surface area contributed by atoms with Crippen LogP contribution < -0.4 is 5.32 Å². The van der Waals surface area contributed by atoms with Crippen molar-refractivity contribution in [1.29, 1.82) is 0 Å². The highest BCUT2D eigenvalue weighted by atomic mass is 16.5. The molecule has 2 rings (SSSR count). The van der Waals surface area contributed by atoms with E-state index >= 15 is 0 Å². The van der Waals surface area contributed by atoms with Crippen LogP contribution in [0.5, 0.6) is 0 Å². The minimum atomic E-state index is -0.0931. The molecular weight excluding hydrogens is 296 g/mol. The van der Waals surface area contributed by atoms with E-state index in [1.54, 1.807) is 12.0 Å². The zero-order valence-electron chi connectivity index (χ0n) is 14.1. The van der Waals surface area contributed by atoms with Crippen molar-refractivity contribution in [1.82, 2.24) is 4.90 Å². The second-order valence-corrected chi connectivity index (χ2v) is 5.84. The quantitative estimate of drug-likeness (QED) is 0.818. The summed E-state index contributed by atoms with van der Waals surface area (Å²) in [7, 11) is 1.65. The molecule has 128 valence electrons. The monoisotopic (exact) mass is 322 g/mol. The molecule has 2 amide bonds. The van der Waals surface area contributed by atoms with Crippen molar-refractivity contribution < 1.29 is 19.0 Å². The molecule has 23 heavy (non-hydrogen) atoms. The number of nitrogens with one attached hydrogen (secondary N) is 1. The molecule has 1 aromatic rings. The van der Waals surface area contributed by atoms with E-state index in [0.717, 1.165) is 11.3 Å². The predicted octanol–water partition coefficient (Wildman–Crippen LogP) is 2.49. The molecule has 6 heteroatoms. The molecule has 1 aliphatic rings. The van der Waals surface area contributed by atoms with Crippen LogP contribution >= 0.6 is 0 Å². The zero-order valence-corrected chi connectivity index (χ0v) is 14.1. The normalized spacial score (nSPS) is 21.3. The average Bonchev–Trinajstić information content (AvgIpc) is 2.51. The molecule has 1 N–H and O–H groups in total. The van der Waals surface area contributed by atoms with Gasteiger partial charge in [0.05, 0.1) is 32.0 Å². The molecule has 1 aromatic carbocycles. The first-order valence-corrected chi connectivity index (χ1v) is 7.95. The highest BCUT2D eigenvalue weighted by Gasteiger charge is 2.25. The third-order valence-electron chi connectivity index (χ3n) is 3.59. The Morgan fingerprint density at radius 1 is 1.30 bits per heavy atom. The number of ether oxygens (including phenoxy) is 3. The lowest BCUT2D eigenvalue weighted by Crippen LogP contribution is -2.49. The molecule has 6 nitrogen and oxygen atoms in total. The van der Waals surface area contributed by atoms with Crippen LogP contribution in [0, 0.1) is 0 Å². The number of methoxy groups -OCH3 is 1. The van der Waals surface area contributed by atoms with Crippen LogP contribution in [0.1, 0.15) is 19.4 Å². The summed E-state index contributed by atoms with van der Waals surface area (Å²) in [5, 5.41) is 2.95. The molecule has 0 spiro atoms. The second-order valence-electron chi connectivity index (χ2n) is 5.84. The van der Waals surface area contributed by atoms with E-state index in [0.29, 0.717) is 32.9 Å². The summed E-state index contributed by atoms with van der Waals surface area (Å²) in [5.74, 6) is 0. The molecular formula is C17H26N2O4. The Morgan fingerprint density at radius 2 is 2.04 bits per heavy atom. The number of nitrogens with zero attached hydrogens (tertiary/aromatic N) is 1. The van der Waals surface area contributed by atoms with Crippen molar-refractivity contribution in [2.75, 3.05) is 38.7 Å². The van der Waals surface area contributed by atoms with Crippen molar-refractivity contribution >= 4 is 11.7 Å². The fourth-order valence-electron chi connectivity index (χ4n) is 2.62. The standard InChI is InChI=1S/C17H26N2O4/c1-13-10-19(11-14(2)23-13)17(20)18-16-6-4-5-15(9-16)12-22-8-7-21-3/h4-6,9,13-14H,7-8,10-12H2,1-3H3,(H,18,20). The molecule has 1 saturated heterocycles. The zero-order chi connectivity index (χ0) is 16.7. The summed E-state index contributed by atoms with van der Waals surface area (Å²) in [6.45, 7) is 6.80. The number of hydrogen-bond acceptors (Lipinski definition) is 4. The van der Waals surface area contributed by atoms with Gasteiger partial charge in [-0.05, 0) is 31.5 Å². The minimum absolute atomic E-state index is 0.0602. The molecule has 0 saturated carbocycles. The van der Waals surface area contributed by atoms with Gasteiger partial charge in [-0.2, -0.15) is 0 Å². The van der Waals surface area contributed by atoms with E-state index in [9.17, 15) is 4.79 Å². The highest BCUT2D eigenvalue weighted by molar-refractivity contribution is 5.89. The third-order valence-corrected chi connectivity index (χ3v) is 3.59. The van der Waals surface area contributed by atoms with Gasteiger partial charge in [0, 0.05) is 25.9 Å². The van der Waals surface area contributed by atoms with E-state index < -0.39 is 0 Å². The first-order chi connectivity index (χ1) is 11.1. The fraction of sp³-hybridized carbons (Fsp3) is 0.588. The minimum Gasteiger partial charge on any atom is -0.382 e. The first kappa shape index (κ1) is 17.7. The number of morpholine rings is 1. The summed E-state index contributed by atoms with van der Waals surface area (Å²) in [5.41, 5.74) is 1.79. The van der Waals surface area contributed by atoms with Crippen molar-refractivity contribution in [3.05, 3.63) is 29.8 Å². The van der Waals surface area contributed by atoms with Crippen molar-refractivity contribution in [2.45, 2.75) is 32.7 Å². The maximum atomic E-state index is 12.4. The lowest BCUT2D eigenvalue weighted by Gasteiger charge is -2.35. The number of hydrogen-bond donors (Lipinski definition) is 1. The summed E-state index contributed by atoms with van der Waals surface area (Å²) >= 11 is 0. The Hall–Kier alpha value is -1.63. The smallest absolute Gasteiger partial charge is 0.322 e. The van der Waals surface area contributed by atoms with Crippen molar-refractivity contribution in [3.63, 3.8) is 0 Å². The number of carbonyl (C=O) groups excluding carboxylic acids is 1. The van der Waals surface area contributed by atoms with Gasteiger partial charge in [-0.15, -0.1) is 0 Å². The molecule has 1 aliphatic heterocycles. The van der Waals surface area contributed by atoms with Gasteiger partial charge >= 0.3 is 6.03 Å². The highest BCUT2D eigenvalue weighted by Crippen LogP contribution is 2.15. The maximum Gasteiger partial charge on any atom is 0.322 e. The molecule has 0 aliphatic carbocycles. The van der Waals surface area contributed by atoms with Gasteiger partial charge in [0.25, 0.3) is 0 Å². The van der Waals surface area contributed by atoms with Crippen LogP contribution in [0.2, 0.25) is 0 Å². The summed E-state index contributed by atoms with van der Waals surface area (Å²) < 4.78 is 16.1. The van der Waals surface area contributed by atoms with E-state index in [1.807, 2.05) is 38.1 Å². The Balaban J connectivity index is 1.88. The van der Waals surface area contributed by atoms with Crippen LogP contribution in [0.25, 0.3) is 0 Å². The van der Waals surface area contributed by atoms with Crippen LogP contribution in [0.15, 0.2) is 24.3 Å². The van der Waals surface area contributed by atoms with E-state index in [4.69, 9.17) is 14.2 Å². The molecule has 0 aromatic heterocycles. The largest absolute Gasteiger partial charge is 0.382 e. The van der Waals surface area contributed by atoms with Crippen molar-refractivity contribution in [3.8, 4) is 0 Å². The maximum absolute atomic E-state index is 12.4. The van der Waals surface area contributed by atoms with Crippen LogP contribution in [-0.2, 0) is 20.8 Å². The molecule has 2 unspecified atom stereocenters. The number of benzene rings is 1. The molecule has 0 bridgehead atoms. The lowest BCUT2D eigenvalue weighted by atomic mass is 10.2. The number of carbonyl (C=O) groups is 1. The Bertz CT molecular complexity index is 499. The van der Waals surface area contributed by atoms with Gasteiger partial charge in [0.1, 0.15) is 0 Å². The summed E-state index contributed by atoms with van der Waals surface area (Å²) in [6, 6.07) is 7.60. The van der Waals surface area contributed by atoms with Gasteiger partial charge in [-0.25, -0.2) is 4.79 Å². The Labute approximate surface area is 137 Å². The molecule has 2 atom stereocenters. The topological polar surface area (TPSA) is 60.0 Å². The predicted molar refractivity (Wildman–Crippen MR) is 88.6 cm³/mol. The van der Waals surface area contributed by atoms with Gasteiger partial charge in [-0.1, -0.05) is 12.1 Å². The number of urea groups is 1. The van der Waals surface area contributed by atoms with Gasteiger partial charge in [0.2, 0.25) is 0 Å². The van der Waals surface area contributed by atoms with Gasteiger partial charge in [-0.3, -0.25) is 0 Å². The Kier molecular flexibility index (Phi) is 6.83. The lowest BCUT2D eigenvalue weighted by molar-refractivity contribution is -0.0530. The van der Waals surface area contributed by atoms with E-state index in [2.05, 4.69) is 5.32 Å². The van der Waals surface area contributed by atoms with Crippen LogP contribution in [-0.4, -0.2) is 56.6 Å². The number of rotatable bonds is 6. The van der Waals surface area contributed by atoms with Gasteiger partial charge < -0.3 is 24.4 Å². The molecule has 1 fully saturated rings. The van der Waals surface area contributed by atoms with E-state index in [1.165, 1.54) is 0 Å². The Morgan fingerprint density at radius 3 is 2.74 bits per heavy atom. The van der Waals surface area contributed by atoms with E-state index in [-0.39, 0.29) is 18.2 Å². The summed E-state index contributed by atoms with van der Waals surface area (Å²) in [4.78, 5) is 14.2. The third kappa shape index (κ3) is 5.82. The van der Waals surface area contributed by atoms with Gasteiger partial charge in [0.15, 0.2) is 0 Å². The average molecular weight is 322 g/mol. The van der Waals surface area contributed by atoms with Crippen LogP contribution in [0.4, 0.5) is 10.5 Å². The molecule has 0 radical (unpaired) electrons. The number of anilines is 1. The fourth-order valence-corrected chi connectivity index (χ4v) is 2.62. The summed E-state index contributed by atoms with van der Waals surface area (Å²) in [6.07, 6.45) is 0.120. The molecule has 1 heterocycles. The second kappa shape index (κ2) is 8.86. The van der Waals surface area contributed by atoms with Crippen molar-refractivity contribution in [2.24, 2.45) is 0 Å². The number of amides is 2. The van der Waals surface area contributed by atoms with Crippen LogP contribution in [0.3, 0.4) is 0 Å².